The van der Waals surface area contributed by atoms with E-state index in [-0.39, 0.29) is 29.5 Å². The van der Waals surface area contributed by atoms with Gasteiger partial charge in [-0.1, -0.05) is 23.4 Å². The van der Waals surface area contributed by atoms with E-state index < -0.39 is 17.9 Å². The highest BCUT2D eigenvalue weighted by Gasteiger charge is 2.17. The van der Waals surface area contributed by atoms with Gasteiger partial charge in [0.2, 0.25) is 5.28 Å². The Morgan fingerprint density at radius 3 is 2.53 bits per heavy atom. The molecule has 0 bridgehead atoms. The molecule has 0 saturated heterocycles. The zero-order valence-electron chi connectivity index (χ0n) is 17.3. The fourth-order valence-electron chi connectivity index (χ4n) is 3.51. The lowest BCUT2D eigenvalue weighted by molar-refractivity contribution is 0.420. The predicted molar refractivity (Wildman–Crippen MR) is 118 cm³/mol. The molecular weight excluding hydrogens is 439 g/mol. The van der Waals surface area contributed by atoms with E-state index in [1.165, 1.54) is 4.57 Å². The second kappa shape index (κ2) is 9.90. The number of alkyl halides is 1. The van der Waals surface area contributed by atoms with Crippen molar-refractivity contribution in [1.82, 2.24) is 29.2 Å². The summed E-state index contributed by atoms with van der Waals surface area (Å²) < 4.78 is 20.3. The number of nitrogens with one attached hydrogen (secondary N) is 1. The summed E-state index contributed by atoms with van der Waals surface area (Å²) in [5.41, 5.74) is 0.256. The quantitative estimate of drug-likeness (QED) is 0.287. The van der Waals surface area contributed by atoms with Gasteiger partial charge in [-0.25, -0.2) is 4.79 Å². The van der Waals surface area contributed by atoms with Crippen LogP contribution >= 0.6 is 11.6 Å². The SMILES string of the molecule is O=c1c2[nH]c(Cl)nc2n(CCCCF)c(=O)n1CCCCc1noc(-c2ccccc2)n1. The number of nitrogens with zero attached hydrogens (tertiary/aromatic N) is 5. The van der Waals surface area contributed by atoms with Crippen molar-refractivity contribution in [2.75, 3.05) is 6.67 Å². The zero-order chi connectivity index (χ0) is 22.5. The maximum atomic E-state index is 12.9. The molecule has 168 valence electrons. The van der Waals surface area contributed by atoms with E-state index in [1.807, 2.05) is 30.3 Å². The standard InChI is InChI=1S/C21H22ClFN6O3/c22-20-25-16-17(26-20)28(12-7-5-11-23)21(31)29(19(16)30)13-6-4-10-15-24-18(32-27-15)14-8-2-1-3-9-14/h1-3,8-9H,4-7,10-13H2,(H,25,26). The number of H-pyrrole nitrogens is 1. The summed E-state index contributed by atoms with van der Waals surface area (Å²) in [7, 11) is 0. The van der Waals surface area contributed by atoms with E-state index in [0.717, 1.165) is 10.1 Å². The number of aromatic amines is 1. The van der Waals surface area contributed by atoms with Gasteiger partial charge < -0.3 is 9.51 Å². The van der Waals surface area contributed by atoms with Crippen LogP contribution in [0.5, 0.6) is 0 Å². The number of unbranched alkanes of at least 4 members (excludes halogenated alkanes) is 2. The molecule has 0 aliphatic heterocycles. The van der Waals surface area contributed by atoms with Crippen molar-refractivity contribution in [3.05, 3.63) is 62.3 Å². The fraction of sp³-hybridized carbons (Fsp3) is 0.381. The van der Waals surface area contributed by atoms with Crippen LogP contribution in [0.15, 0.2) is 44.4 Å². The number of imidazole rings is 1. The number of aromatic nitrogens is 6. The number of rotatable bonds is 10. The first kappa shape index (κ1) is 21.9. The molecule has 9 nitrogen and oxygen atoms in total. The molecule has 0 aliphatic carbocycles. The molecular formula is C21H22ClFN6O3. The Morgan fingerprint density at radius 2 is 1.75 bits per heavy atom. The first-order valence-corrected chi connectivity index (χ1v) is 10.8. The molecule has 1 N–H and O–H groups in total. The number of halogens is 2. The lowest BCUT2D eigenvalue weighted by atomic mass is 10.2. The van der Waals surface area contributed by atoms with Gasteiger partial charge in [0.15, 0.2) is 17.0 Å². The second-order valence-corrected chi connectivity index (χ2v) is 7.71. The number of hydrogen-bond donors (Lipinski definition) is 1. The highest BCUT2D eigenvalue weighted by Crippen LogP contribution is 2.17. The molecule has 3 heterocycles. The molecule has 0 amide bonds. The van der Waals surface area contributed by atoms with Gasteiger partial charge in [0.05, 0.1) is 6.67 Å². The van der Waals surface area contributed by atoms with Crippen molar-refractivity contribution < 1.29 is 8.91 Å². The first-order valence-electron chi connectivity index (χ1n) is 10.4. The van der Waals surface area contributed by atoms with Crippen molar-refractivity contribution in [2.24, 2.45) is 0 Å². The average Bonchev–Trinajstić information content (AvgIpc) is 3.43. The van der Waals surface area contributed by atoms with Crippen LogP contribution in [-0.4, -0.2) is 35.9 Å². The minimum Gasteiger partial charge on any atom is -0.334 e. The minimum absolute atomic E-state index is 0.0276. The van der Waals surface area contributed by atoms with Gasteiger partial charge in [-0.15, -0.1) is 0 Å². The summed E-state index contributed by atoms with van der Waals surface area (Å²) in [4.78, 5) is 36.9. The van der Waals surface area contributed by atoms with Gasteiger partial charge in [-0.2, -0.15) is 9.97 Å². The summed E-state index contributed by atoms with van der Waals surface area (Å²) in [6.45, 7) is 0.00348. The average molecular weight is 461 g/mol. The van der Waals surface area contributed by atoms with Crippen LogP contribution in [0.4, 0.5) is 4.39 Å². The largest absolute Gasteiger partial charge is 0.334 e. The van der Waals surface area contributed by atoms with Crippen molar-refractivity contribution in [3.63, 3.8) is 0 Å². The maximum absolute atomic E-state index is 12.9. The van der Waals surface area contributed by atoms with Crippen LogP contribution in [0.2, 0.25) is 5.28 Å². The van der Waals surface area contributed by atoms with Crippen LogP contribution in [0, 0.1) is 0 Å². The van der Waals surface area contributed by atoms with Crippen LogP contribution < -0.4 is 11.2 Å². The predicted octanol–water partition coefficient (Wildman–Crippen LogP) is 3.36. The lowest BCUT2D eigenvalue weighted by Gasteiger charge is -2.10. The third kappa shape index (κ3) is 4.64. The van der Waals surface area contributed by atoms with Gasteiger partial charge in [-0.3, -0.25) is 18.3 Å². The van der Waals surface area contributed by atoms with E-state index in [1.54, 1.807) is 0 Å². The van der Waals surface area contributed by atoms with Gasteiger partial charge in [0.25, 0.3) is 11.4 Å². The molecule has 0 unspecified atom stereocenters. The second-order valence-electron chi connectivity index (χ2n) is 7.35. The lowest BCUT2D eigenvalue weighted by Crippen LogP contribution is -2.40. The maximum Gasteiger partial charge on any atom is 0.332 e. The summed E-state index contributed by atoms with van der Waals surface area (Å²) >= 11 is 5.92. The summed E-state index contributed by atoms with van der Waals surface area (Å²) in [6.07, 6.45) is 2.54. The van der Waals surface area contributed by atoms with E-state index in [4.69, 9.17) is 16.1 Å². The summed E-state index contributed by atoms with van der Waals surface area (Å²) in [5, 5.41) is 4.02. The van der Waals surface area contributed by atoms with Crippen LogP contribution in [0.3, 0.4) is 0 Å². The van der Waals surface area contributed by atoms with Gasteiger partial charge in [-0.05, 0) is 49.4 Å². The smallest absolute Gasteiger partial charge is 0.332 e. The van der Waals surface area contributed by atoms with Crippen LogP contribution in [-0.2, 0) is 19.5 Å². The Hall–Kier alpha value is -3.27. The summed E-state index contributed by atoms with van der Waals surface area (Å²) in [6, 6.07) is 9.47. The van der Waals surface area contributed by atoms with Crippen molar-refractivity contribution in [1.29, 1.82) is 0 Å². The van der Waals surface area contributed by atoms with Gasteiger partial charge in [0.1, 0.15) is 0 Å². The number of benzene rings is 1. The van der Waals surface area contributed by atoms with Crippen molar-refractivity contribution in [2.45, 2.75) is 45.2 Å². The Kier molecular flexibility index (Phi) is 6.79. The van der Waals surface area contributed by atoms with Crippen molar-refractivity contribution >= 4 is 22.8 Å². The van der Waals surface area contributed by atoms with Crippen LogP contribution in [0.1, 0.15) is 31.5 Å². The van der Waals surface area contributed by atoms with Crippen molar-refractivity contribution in [3.8, 4) is 11.5 Å². The minimum atomic E-state index is -0.476. The van der Waals surface area contributed by atoms with E-state index in [9.17, 15) is 14.0 Å². The highest BCUT2D eigenvalue weighted by molar-refractivity contribution is 6.28. The molecule has 0 spiro atoms. The molecule has 0 aliphatic rings. The third-order valence-electron chi connectivity index (χ3n) is 5.12. The van der Waals surface area contributed by atoms with E-state index >= 15 is 0 Å². The monoisotopic (exact) mass is 460 g/mol. The highest BCUT2D eigenvalue weighted by atomic mass is 35.5. The molecule has 0 atom stereocenters. The Bertz CT molecular complexity index is 1310. The van der Waals surface area contributed by atoms with E-state index in [2.05, 4.69) is 20.1 Å². The fourth-order valence-corrected chi connectivity index (χ4v) is 3.68. The van der Waals surface area contributed by atoms with E-state index in [0.29, 0.717) is 43.8 Å². The molecule has 3 aromatic heterocycles. The Labute approximate surface area is 186 Å². The molecule has 1 aromatic carbocycles. The third-order valence-corrected chi connectivity index (χ3v) is 5.30. The normalized spacial score (nSPS) is 11.4. The zero-order valence-corrected chi connectivity index (χ0v) is 18.0. The van der Waals surface area contributed by atoms with Gasteiger partial charge in [0, 0.05) is 25.1 Å². The number of fused-ring (bicyclic) bond motifs is 1. The molecule has 4 rings (SSSR count). The topological polar surface area (TPSA) is 112 Å². The Morgan fingerprint density at radius 1 is 1.00 bits per heavy atom. The molecule has 32 heavy (non-hydrogen) atoms. The first-order chi connectivity index (χ1) is 15.6. The molecule has 4 aromatic rings. The Balaban J connectivity index is 1.46. The number of aryl methyl sites for hydroxylation is 2. The van der Waals surface area contributed by atoms with Crippen LogP contribution in [0.25, 0.3) is 22.6 Å². The summed E-state index contributed by atoms with van der Waals surface area (Å²) in [5.74, 6) is 1.02. The molecule has 0 fully saturated rings. The molecule has 11 heteroatoms. The molecule has 0 radical (unpaired) electrons. The number of hydrogen-bond acceptors (Lipinski definition) is 6. The molecule has 0 saturated carbocycles. The van der Waals surface area contributed by atoms with Gasteiger partial charge >= 0.3 is 5.69 Å².